The number of ketones is 1. The zero-order chi connectivity index (χ0) is 19.3. The van der Waals surface area contributed by atoms with Gasteiger partial charge in [0, 0.05) is 30.3 Å². The first-order valence-electron chi connectivity index (χ1n) is 9.01. The van der Waals surface area contributed by atoms with Gasteiger partial charge in [-0.2, -0.15) is 17.7 Å². The fraction of sp³-hybridized carbons (Fsp3) is 0.333. The lowest BCUT2D eigenvalue weighted by Gasteiger charge is -2.21. The summed E-state index contributed by atoms with van der Waals surface area (Å²) in [5.74, 6) is -0.255. The number of carbonyl (C=O) groups is 1. The minimum absolute atomic E-state index is 0.188. The van der Waals surface area contributed by atoms with E-state index < -0.39 is 17.8 Å². The quantitative estimate of drug-likeness (QED) is 0.587. The van der Waals surface area contributed by atoms with Crippen molar-refractivity contribution >= 4 is 16.7 Å². The first-order valence-corrected chi connectivity index (χ1v) is 9.01. The van der Waals surface area contributed by atoms with Gasteiger partial charge in [0.1, 0.15) is 0 Å². The van der Waals surface area contributed by atoms with E-state index in [1.165, 1.54) is 6.07 Å². The summed E-state index contributed by atoms with van der Waals surface area (Å²) in [6, 6.07) is 7.29. The van der Waals surface area contributed by atoms with Crippen molar-refractivity contribution in [2.45, 2.75) is 44.9 Å². The van der Waals surface area contributed by atoms with Gasteiger partial charge in [0.2, 0.25) is 11.8 Å². The SMILES string of the molecule is CC(C)n1ccc2c[n+](C3CCc4ccc(C(F)(F)F)cc4C3=O)ccc21. The average Bonchev–Trinajstić information content (AvgIpc) is 3.04. The van der Waals surface area contributed by atoms with Crippen LogP contribution in [0.15, 0.2) is 48.9 Å². The molecule has 0 bridgehead atoms. The van der Waals surface area contributed by atoms with Crippen molar-refractivity contribution in [1.82, 2.24) is 4.57 Å². The van der Waals surface area contributed by atoms with Gasteiger partial charge in [0.15, 0.2) is 12.4 Å². The molecule has 3 nitrogen and oxygen atoms in total. The van der Waals surface area contributed by atoms with Crippen LogP contribution in [-0.4, -0.2) is 10.4 Å². The van der Waals surface area contributed by atoms with E-state index in [9.17, 15) is 18.0 Å². The van der Waals surface area contributed by atoms with Gasteiger partial charge in [0.25, 0.3) is 0 Å². The third kappa shape index (κ3) is 3.03. The molecule has 6 heteroatoms. The van der Waals surface area contributed by atoms with Crippen molar-refractivity contribution in [2.75, 3.05) is 0 Å². The molecule has 27 heavy (non-hydrogen) atoms. The van der Waals surface area contributed by atoms with Crippen LogP contribution >= 0.6 is 0 Å². The van der Waals surface area contributed by atoms with Gasteiger partial charge in [-0.3, -0.25) is 4.79 Å². The highest BCUT2D eigenvalue weighted by atomic mass is 19.4. The van der Waals surface area contributed by atoms with Crippen molar-refractivity contribution in [2.24, 2.45) is 0 Å². The molecule has 0 fully saturated rings. The van der Waals surface area contributed by atoms with E-state index >= 15 is 0 Å². The summed E-state index contributed by atoms with van der Waals surface area (Å²) >= 11 is 0. The van der Waals surface area contributed by atoms with Gasteiger partial charge in [-0.05, 0) is 44.0 Å². The summed E-state index contributed by atoms with van der Waals surface area (Å²) in [5.41, 5.74) is 1.18. The molecule has 4 rings (SSSR count). The summed E-state index contributed by atoms with van der Waals surface area (Å²) in [6.45, 7) is 4.20. The molecule has 0 aliphatic heterocycles. The Balaban J connectivity index is 1.72. The van der Waals surface area contributed by atoms with E-state index in [1.807, 2.05) is 35.3 Å². The highest BCUT2D eigenvalue weighted by Gasteiger charge is 2.37. The maximum atomic E-state index is 13.0. The summed E-state index contributed by atoms with van der Waals surface area (Å²) < 4.78 is 43.1. The Hall–Kier alpha value is -2.63. The molecule has 1 aromatic carbocycles. The minimum atomic E-state index is -4.45. The molecule has 0 saturated carbocycles. The summed E-state index contributed by atoms with van der Waals surface area (Å²) in [7, 11) is 0. The normalized spacial score (nSPS) is 17.6. The van der Waals surface area contributed by atoms with Crippen molar-refractivity contribution in [3.63, 3.8) is 0 Å². The van der Waals surface area contributed by atoms with E-state index in [0.717, 1.165) is 23.0 Å². The van der Waals surface area contributed by atoms with E-state index in [2.05, 4.69) is 18.4 Å². The Morgan fingerprint density at radius 1 is 1.19 bits per heavy atom. The van der Waals surface area contributed by atoms with Gasteiger partial charge < -0.3 is 4.57 Å². The van der Waals surface area contributed by atoms with Crippen LogP contribution in [0.5, 0.6) is 0 Å². The molecule has 0 spiro atoms. The van der Waals surface area contributed by atoms with Crippen molar-refractivity contribution in [1.29, 1.82) is 0 Å². The molecule has 3 aromatic rings. The maximum Gasteiger partial charge on any atom is 0.416 e. The third-order valence-corrected chi connectivity index (χ3v) is 5.29. The maximum absolute atomic E-state index is 13.0. The third-order valence-electron chi connectivity index (χ3n) is 5.29. The second kappa shape index (κ2) is 6.22. The number of halogens is 3. The largest absolute Gasteiger partial charge is 0.416 e. The monoisotopic (exact) mass is 373 g/mol. The number of carbonyl (C=O) groups excluding carboxylic acids is 1. The van der Waals surface area contributed by atoms with E-state index in [1.54, 1.807) is 0 Å². The first kappa shape index (κ1) is 17.8. The lowest BCUT2D eigenvalue weighted by molar-refractivity contribution is -0.707. The van der Waals surface area contributed by atoms with Gasteiger partial charge in [0.05, 0.1) is 16.5 Å². The Bertz CT molecular complexity index is 1030. The second-order valence-corrected chi connectivity index (χ2v) is 7.34. The van der Waals surface area contributed by atoms with Crippen LogP contribution in [0.2, 0.25) is 0 Å². The summed E-state index contributed by atoms with van der Waals surface area (Å²) in [6.07, 6.45) is 2.49. The fourth-order valence-corrected chi connectivity index (χ4v) is 3.86. The van der Waals surface area contributed by atoms with Crippen molar-refractivity contribution in [3.05, 3.63) is 65.6 Å². The molecule has 140 valence electrons. The average molecular weight is 373 g/mol. The number of rotatable bonds is 2. The number of fused-ring (bicyclic) bond motifs is 2. The number of hydrogen-bond acceptors (Lipinski definition) is 1. The number of pyridine rings is 1. The molecule has 1 unspecified atom stereocenters. The predicted octanol–water partition coefficient (Wildman–Crippen LogP) is 4.90. The van der Waals surface area contributed by atoms with E-state index in [4.69, 9.17) is 0 Å². The molecule has 0 radical (unpaired) electrons. The van der Waals surface area contributed by atoms with Crippen LogP contribution in [0.25, 0.3) is 10.9 Å². The highest BCUT2D eigenvalue weighted by molar-refractivity contribution is 6.00. The molecule has 0 N–H and O–H groups in total. The van der Waals surface area contributed by atoms with Crippen LogP contribution in [0.4, 0.5) is 13.2 Å². The zero-order valence-corrected chi connectivity index (χ0v) is 15.1. The van der Waals surface area contributed by atoms with Gasteiger partial charge in [-0.1, -0.05) is 6.07 Å². The van der Waals surface area contributed by atoms with Crippen LogP contribution in [0, 0.1) is 0 Å². The zero-order valence-electron chi connectivity index (χ0n) is 15.1. The highest BCUT2D eigenvalue weighted by Crippen LogP contribution is 2.34. The van der Waals surface area contributed by atoms with Crippen molar-refractivity contribution < 1.29 is 22.5 Å². The molecule has 0 amide bonds. The molecule has 1 atom stereocenters. The lowest BCUT2D eigenvalue weighted by Crippen LogP contribution is -2.45. The number of benzene rings is 1. The molecular formula is C21H20F3N2O+. The van der Waals surface area contributed by atoms with Gasteiger partial charge in [-0.15, -0.1) is 0 Å². The predicted molar refractivity (Wildman–Crippen MR) is 95.7 cm³/mol. The molecule has 0 saturated heterocycles. The topological polar surface area (TPSA) is 25.9 Å². The Morgan fingerprint density at radius 3 is 2.67 bits per heavy atom. The van der Waals surface area contributed by atoms with Crippen LogP contribution < -0.4 is 4.57 Å². The molecule has 1 aliphatic rings. The standard InChI is InChI=1S/C21H20F3N2O/c1-13(2)26-10-7-15-12-25(9-8-18(15)26)19-6-4-14-3-5-16(21(22,23)24)11-17(14)20(19)27/h3,5,7-13,19H,4,6H2,1-2H3/q+1. The Kier molecular flexibility index (Phi) is 4.09. The molecule has 2 heterocycles. The van der Waals surface area contributed by atoms with E-state index in [0.29, 0.717) is 24.4 Å². The minimum Gasteiger partial charge on any atom is -0.345 e. The number of alkyl halides is 3. The number of Topliss-reactive ketones (excluding diaryl/α,β-unsaturated/α-hetero) is 1. The molecular weight excluding hydrogens is 353 g/mol. The van der Waals surface area contributed by atoms with Crippen LogP contribution in [-0.2, 0) is 12.6 Å². The van der Waals surface area contributed by atoms with Crippen LogP contribution in [0.1, 0.15) is 53.8 Å². The fourth-order valence-electron chi connectivity index (χ4n) is 3.86. The van der Waals surface area contributed by atoms with Crippen molar-refractivity contribution in [3.8, 4) is 0 Å². The Labute approximate surface area is 155 Å². The summed E-state index contributed by atoms with van der Waals surface area (Å²) in [5, 5.41) is 1.01. The Morgan fingerprint density at radius 2 is 1.96 bits per heavy atom. The number of nitrogens with zero attached hydrogens (tertiary/aromatic N) is 2. The summed E-state index contributed by atoms with van der Waals surface area (Å²) in [4.78, 5) is 13.0. The van der Waals surface area contributed by atoms with E-state index in [-0.39, 0.29) is 11.3 Å². The number of aromatic nitrogens is 2. The molecule has 2 aromatic heterocycles. The van der Waals surface area contributed by atoms with Gasteiger partial charge in [-0.25, -0.2) is 0 Å². The second-order valence-electron chi connectivity index (χ2n) is 7.34. The van der Waals surface area contributed by atoms with Crippen LogP contribution in [0.3, 0.4) is 0 Å². The number of hydrogen-bond donors (Lipinski definition) is 0. The first-order chi connectivity index (χ1) is 12.8. The smallest absolute Gasteiger partial charge is 0.345 e. The number of aryl methyl sites for hydroxylation is 1. The molecule has 1 aliphatic carbocycles. The van der Waals surface area contributed by atoms with Gasteiger partial charge >= 0.3 is 6.18 Å². The lowest BCUT2D eigenvalue weighted by atomic mass is 9.85.